The SMILES string of the molecule is CCCCCC/C=C\CCCCCCCC(=O)OCC(CO)OC(=O)CCCCCCCCCCCCCCC/C=C\C/C=C\CCCCCCC. The van der Waals surface area contributed by atoms with Gasteiger partial charge < -0.3 is 14.6 Å². The summed E-state index contributed by atoms with van der Waals surface area (Å²) in [7, 11) is 0. The van der Waals surface area contributed by atoms with Gasteiger partial charge in [0.25, 0.3) is 0 Å². The summed E-state index contributed by atoms with van der Waals surface area (Å²) in [5.41, 5.74) is 0. The van der Waals surface area contributed by atoms with Gasteiger partial charge in [0, 0.05) is 12.8 Å². The Morgan fingerprint density at radius 2 is 0.769 bits per heavy atom. The van der Waals surface area contributed by atoms with E-state index < -0.39 is 6.10 Å². The van der Waals surface area contributed by atoms with E-state index >= 15 is 0 Å². The molecule has 0 amide bonds. The molecule has 5 nitrogen and oxygen atoms in total. The minimum atomic E-state index is -0.773. The van der Waals surface area contributed by atoms with Crippen molar-refractivity contribution in [3.63, 3.8) is 0 Å². The molecule has 1 unspecified atom stereocenters. The van der Waals surface area contributed by atoms with Crippen molar-refractivity contribution in [3.05, 3.63) is 36.5 Å². The minimum absolute atomic E-state index is 0.0684. The lowest BCUT2D eigenvalue weighted by Gasteiger charge is -2.15. The molecule has 0 aromatic carbocycles. The van der Waals surface area contributed by atoms with E-state index in [1.54, 1.807) is 0 Å². The lowest BCUT2D eigenvalue weighted by molar-refractivity contribution is -0.161. The van der Waals surface area contributed by atoms with Crippen LogP contribution in [0.3, 0.4) is 0 Å². The third kappa shape index (κ3) is 40.9. The van der Waals surface area contributed by atoms with E-state index in [1.807, 2.05) is 0 Å². The molecule has 0 rings (SSSR count). The van der Waals surface area contributed by atoms with Crippen molar-refractivity contribution in [3.8, 4) is 0 Å². The largest absolute Gasteiger partial charge is 0.462 e. The Bertz CT molecular complexity index is 832. The smallest absolute Gasteiger partial charge is 0.306 e. The average Bonchev–Trinajstić information content (AvgIpc) is 3.15. The Labute approximate surface area is 323 Å². The Balaban J connectivity index is 3.49. The van der Waals surface area contributed by atoms with Crippen LogP contribution in [0.25, 0.3) is 0 Å². The van der Waals surface area contributed by atoms with Gasteiger partial charge in [0.05, 0.1) is 6.61 Å². The third-order valence-corrected chi connectivity index (χ3v) is 9.91. The third-order valence-electron chi connectivity index (χ3n) is 9.91. The van der Waals surface area contributed by atoms with E-state index in [1.165, 1.54) is 154 Å². The van der Waals surface area contributed by atoms with E-state index in [4.69, 9.17) is 9.47 Å². The van der Waals surface area contributed by atoms with E-state index in [0.29, 0.717) is 12.8 Å². The van der Waals surface area contributed by atoms with E-state index in [9.17, 15) is 14.7 Å². The summed E-state index contributed by atoms with van der Waals surface area (Å²) in [5.74, 6) is -0.596. The van der Waals surface area contributed by atoms with Crippen LogP contribution in [0.4, 0.5) is 0 Å². The zero-order valence-corrected chi connectivity index (χ0v) is 34.6. The van der Waals surface area contributed by atoms with Gasteiger partial charge in [0.15, 0.2) is 6.10 Å². The van der Waals surface area contributed by atoms with Crippen molar-refractivity contribution >= 4 is 11.9 Å². The predicted octanol–water partition coefficient (Wildman–Crippen LogP) is 14.4. The van der Waals surface area contributed by atoms with Crippen LogP contribution in [-0.2, 0) is 19.1 Å². The number of unbranched alkanes of at least 4 members (excludes halogenated alkanes) is 27. The summed E-state index contributed by atoms with van der Waals surface area (Å²) < 4.78 is 10.6. The molecule has 5 heteroatoms. The minimum Gasteiger partial charge on any atom is -0.462 e. The highest BCUT2D eigenvalue weighted by Crippen LogP contribution is 2.15. The molecule has 0 radical (unpaired) electrons. The maximum atomic E-state index is 12.2. The summed E-state index contributed by atoms with van der Waals surface area (Å²) in [6, 6.07) is 0. The van der Waals surface area contributed by atoms with E-state index in [2.05, 4.69) is 50.3 Å². The molecule has 0 aromatic rings. The molecule has 52 heavy (non-hydrogen) atoms. The van der Waals surface area contributed by atoms with Gasteiger partial charge in [0.1, 0.15) is 6.61 Å². The van der Waals surface area contributed by atoms with Crippen LogP contribution in [0, 0.1) is 0 Å². The molecule has 0 saturated carbocycles. The summed E-state index contributed by atoms with van der Waals surface area (Å²) in [5, 5.41) is 9.58. The molecule has 0 aliphatic heterocycles. The first kappa shape index (κ1) is 50.1. The average molecular weight is 731 g/mol. The summed E-state index contributed by atoms with van der Waals surface area (Å²) >= 11 is 0. The van der Waals surface area contributed by atoms with E-state index in [0.717, 1.165) is 51.4 Å². The second-order valence-electron chi connectivity index (χ2n) is 15.1. The monoisotopic (exact) mass is 731 g/mol. The molecule has 0 spiro atoms. The Kier molecular flexibility index (Phi) is 42.0. The van der Waals surface area contributed by atoms with Gasteiger partial charge in [-0.1, -0.05) is 185 Å². The van der Waals surface area contributed by atoms with Crippen molar-refractivity contribution in [1.29, 1.82) is 0 Å². The van der Waals surface area contributed by atoms with Gasteiger partial charge in [-0.3, -0.25) is 9.59 Å². The number of hydrogen-bond donors (Lipinski definition) is 1. The number of ether oxygens (including phenoxy) is 2. The van der Waals surface area contributed by atoms with Crippen LogP contribution >= 0.6 is 0 Å². The molecule has 304 valence electrons. The van der Waals surface area contributed by atoms with Crippen LogP contribution in [0.15, 0.2) is 36.5 Å². The molecule has 0 fully saturated rings. The first-order chi connectivity index (χ1) is 25.6. The molecule has 0 heterocycles. The Hall–Kier alpha value is -1.88. The fourth-order valence-electron chi connectivity index (χ4n) is 6.46. The summed E-state index contributed by atoms with van der Waals surface area (Å²) in [6.45, 7) is 4.12. The van der Waals surface area contributed by atoms with Gasteiger partial charge in [-0.05, 0) is 70.6 Å². The van der Waals surface area contributed by atoms with E-state index in [-0.39, 0.29) is 25.2 Å². The maximum absolute atomic E-state index is 12.2. The molecule has 0 bridgehead atoms. The Morgan fingerprint density at radius 3 is 1.17 bits per heavy atom. The van der Waals surface area contributed by atoms with Gasteiger partial charge in [-0.2, -0.15) is 0 Å². The van der Waals surface area contributed by atoms with Crippen LogP contribution in [-0.4, -0.2) is 36.4 Å². The molecule has 0 aliphatic carbocycles. The quantitative estimate of drug-likeness (QED) is 0.0385. The molecule has 1 atom stereocenters. The fourth-order valence-corrected chi connectivity index (χ4v) is 6.46. The standard InChI is InChI=1S/C47H86O5/c1-3-5-7-9-11-13-15-17-18-19-20-21-22-23-24-25-26-27-28-30-32-34-36-38-40-42-47(50)52-45(43-48)44-51-46(49)41-39-37-35-33-31-29-16-14-12-10-8-6-4-2/h14-17,19-20,45,48H,3-13,18,21-44H2,1-2H3/b16-14-,17-15-,20-19-. The van der Waals surface area contributed by atoms with Crippen LogP contribution in [0.2, 0.25) is 0 Å². The lowest BCUT2D eigenvalue weighted by Crippen LogP contribution is -2.28. The van der Waals surface area contributed by atoms with Gasteiger partial charge >= 0.3 is 11.9 Å². The van der Waals surface area contributed by atoms with Crippen molar-refractivity contribution in [1.82, 2.24) is 0 Å². The number of aliphatic hydroxyl groups excluding tert-OH is 1. The highest BCUT2D eigenvalue weighted by atomic mass is 16.6. The molecular weight excluding hydrogens is 645 g/mol. The number of esters is 2. The second kappa shape index (κ2) is 43.5. The molecule has 0 saturated heterocycles. The lowest BCUT2D eigenvalue weighted by atomic mass is 10.0. The highest BCUT2D eigenvalue weighted by Gasteiger charge is 2.16. The zero-order valence-electron chi connectivity index (χ0n) is 34.6. The van der Waals surface area contributed by atoms with Crippen molar-refractivity contribution in [2.45, 2.75) is 238 Å². The molecule has 0 aromatic heterocycles. The summed E-state index contributed by atoms with van der Waals surface area (Å²) in [6.07, 6.45) is 53.6. The number of rotatable bonds is 41. The second-order valence-corrected chi connectivity index (χ2v) is 15.1. The van der Waals surface area contributed by atoms with Crippen LogP contribution in [0.5, 0.6) is 0 Å². The Morgan fingerprint density at radius 1 is 0.442 bits per heavy atom. The van der Waals surface area contributed by atoms with Crippen LogP contribution < -0.4 is 0 Å². The number of hydrogen-bond acceptors (Lipinski definition) is 5. The highest BCUT2D eigenvalue weighted by molar-refractivity contribution is 5.70. The topological polar surface area (TPSA) is 72.8 Å². The van der Waals surface area contributed by atoms with Gasteiger partial charge in [0.2, 0.25) is 0 Å². The fraction of sp³-hybridized carbons (Fsp3) is 0.830. The van der Waals surface area contributed by atoms with Gasteiger partial charge in [-0.25, -0.2) is 0 Å². The molecular formula is C47H86O5. The normalized spacial score (nSPS) is 12.4. The molecule has 1 N–H and O–H groups in total. The van der Waals surface area contributed by atoms with Crippen molar-refractivity contribution in [2.75, 3.05) is 13.2 Å². The maximum Gasteiger partial charge on any atom is 0.306 e. The van der Waals surface area contributed by atoms with Crippen LogP contribution in [0.1, 0.15) is 232 Å². The van der Waals surface area contributed by atoms with Gasteiger partial charge in [-0.15, -0.1) is 0 Å². The van der Waals surface area contributed by atoms with Crippen molar-refractivity contribution < 1.29 is 24.2 Å². The summed E-state index contributed by atoms with van der Waals surface area (Å²) in [4.78, 5) is 24.3. The molecule has 0 aliphatic rings. The first-order valence-corrected chi connectivity index (χ1v) is 22.5. The number of aliphatic hydroxyl groups is 1. The number of carbonyl (C=O) groups excluding carboxylic acids is 2. The first-order valence-electron chi connectivity index (χ1n) is 22.5. The number of carbonyl (C=O) groups is 2. The number of allylic oxidation sites excluding steroid dienone is 6. The van der Waals surface area contributed by atoms with Crippen molar-refractivity contribution in [2.24, 2.45) is 0 Å². The zero-order chi connectivity index (χ0) is 37.8. The predicted molar refractivity (Wildman–Crippen MR) is 224 cm³/mol.